The Morgan fingerprint density at radius 1 is 1.26 bits per heavy atom. The van der Waals surface area contributed by atoms with Gasteiger partial charge in [0.05, 0.1) is 11.7 Å². The molecule has 1 atom stereocenters. The van der Waals surface area contributed by atoms with Gasteiger partial charge in [0.2, 0.25) is 0 Å². The minimum atomic E-state index is -0.367. The molecule has 0 unspecified atom stereocenters. The molecular formula is C20H18FN3O3. The Morgan fingerprint density at radius 3 is 3.04 bits per heavy atom. The van der Waals surface area contributed by atoms with Crippen LogP contribution in [0.25, 0.3) is 0 Å². The Morgan fingerprint density at radius 2 is 2.15 bits per heavy atom. The Labute approximate surface area is 155 Å². The summed E-state index contributed by atoms with van der Waals surface area (Å²) in [7, 11) is 0. The zero-order valence-electron chi connectivity index (χ0n) is 14.4. The maximum atomic E-state index is 13.2. The summed E-state index contributed by atoms with van der Waals surface area (Å²) < 4.78 is 24.3. The van der Waals surface area contributed by atoms with E-state index in [1.54, 1.807) is 18.2 Å². The molecule has 0 fully saturated rings. The number of aromatic nitrogens is 2. The maximum Gasteiger partial charge on any atom is 0.272 e. The van der Waals surface area contributed by atoms with Gasteiger partial charge in [0, 0.05) is 6.07 Å². The van der Waals surface area contributed by atoms with Crippen LogP contribution in [0, 0.1) is 5.82 Å². The van der Waals surface area contributed by atoms with E-state index < -0.39 is 0 Å². The number of ether oxygens (including phenoxy) is 2. The van der Waals surface area contributed by atoms with Crippen LogP contribution in [0.5, 0.6) is 11.5 Å². The van der Waals surface area contributed by atoms with Gasteiger partial charge >= 0.3 is 0 Å². The molecule has 27 heavy (non-hydrogen) atoms. The molecule has 0 saturated carbocycles. The zero-order chi connectivity index (χ0) is 18.6. The molecule has 1 amide bonds. The first kappa shape index (κ1) is 17.1. The molecule has 1 aromatic heterocycles. The first-order valence-electron chi connectivity index (χ1n) is 8.61. The largest absolute Gasteiger partial charge is 0.491 e. The third-order valence-corrected chi connectivity index (χ3v) is 4.27. The van der Waals surface area contributed by atoms with Crippen LogP contribution in [0.15, 0.2) is 54.6 Å². The molecule has 2 heterocycles. The van der Waals surface area contributed by atoms with Gasteiger partial charge in [0.15, 0.2) is 0 Å². The van der Waals surface area contributed by atoms with Gasteiger partial charge in [-0.05, 0) is 36.2 Å². The molecule has 0 saturated heterocycles. The second kappa shape index (κ2) is 7.49. The fourth-order valence-corrected chi connectivity index (χ4v) is 2.95. The van der Waals surface area contributed by atoms with E-state index in [9.17, 15) is 9.18 Å². The summed E-state index contributed by atoms with van der Waals surface area (Å²) in [5, 5.41) is 9.72. The number of hydrogen-bond donors (Lipinski definition) is 2. The highest BCUT2D eigenvalue weighted by Gasteiger charge is 2.22. The number of para-hydroxylation sites is 1. The number of carbonyl (C=O) groups excluding carboxylic acids is 1. The monoisotopic (exact) mass is 367 g/mol. The summed E-state index contributed by atoms with van der Waals surface area (Å²) in [5.74, 6) is 0.623. The Kier molecular flexibility index (Phi) is 4.74. The molecule has 6 nitrogen and oxygen atoms in total. The lowest BCUT2D eigenvalue weighted by atomic mass is 10.0. The van der Waals surface area contributed by atoms with Gasteiger partial charge in [0.1, 0.15) is 36.2 Å². The number of hydrogen-bond acceptors (Lipinski definition) is 4. The first-order chi connectivity index (χ1) is 13.2. The molecule has 0 bridgehead atoms. The van der Waals surface area contributed by atoms with Crippen LogP contribution in [0.3, 0.4) is 0 Å². The molecule has 1 aliphatic rings. The van der Waals surface area contributed by atoms with Gasteiger partial charge in [-0.1, -0.05) is 24.3 Å². The quantitative estimate of drug-likeness (QED) is 0.727. The maximum absolute atomic E-state index is 13.2. The lowest BCUT2D eigenvalue weighted by molar-refractivity contribution is 0.0910. The molecule has 3 aromatic rings. The third kappa shape index (κ3) is 4.08. The van der Waals surface area contributed by atoms with E-state index in [1.165, 1.54) is 12.1 Å². The topological polar surface area (TPSA) is 76.2 Å². The normalized spacial score (nSPS) is 15.5. The van der Waals surface area contributed by atoms with Gasteiger partial charge in [-0.15, -0.1) is 0 Å². The lowest BCUT2D eigenvalue weighted by Gasteiger charge is -2.25. The van der Waals surface area contributed by atoms with Crippen molar-refractivity contribution in [2.75, 3.05) is 6.61 Å². The molecule has 2 aromatic carbocycles. The number of rotatable bonds is 5. The number of fused-ring (bicyclic) bond motifs is 1. The van der Waals surface area contributed by atoms with Crippen LogP contribution in [0.2, 0.25) is 0 Å². The predicted octanol–water partition coefficient (Wildman–Crippen LogP) is 2.86. The van der Waals surface area contributed by atoms with Crippen LogP contribution >= 0.6 is 0 Å². The SMILES string of the molecule is O=C(N[C@H]1COc2ccccc2C1)c1cc(COc2cccc(F)c2)[nH]n1. The summed E-state index contributed by atoms with van der Waals surface area (Å²) in [4.78, 5) is 12.4. The standard InChI is InChI=1S/C20H18FN3O3/c21-14-5-3-6-17(9-14)26-12-16-10-18(24-23-16)20(25)22-15-8-13-4-1-2-7-19(13)27-11-15/h1-7,9-10,15H,8,11-12H2,(H,22,25)(H,23,24)/t15-/m1/s1. The second-order valence-electron chi connectivity index (χ2n) is 6.32. The van der Waals surface area contributed by atoms with Gasteiger partial charge in [-0.2, -0.15) is 5.10 Å². The van der Waals surface area contributed by atoms with Crippen molar-refractivity contribution in [3.63, 3.8) is 0 Å². The number of aromatic amines is 1. The van der Waals surface area contributed by atoms with E-state index in [2.05, 4.69) is 15.5 Å². The summed E-state index contributed by atoms with van der Waals surface area (Å²) in [6.45, 7) is 0.576. The van der Waals surface area contributed by atoms with Crippen molar-refractivity contribution < 1.29 is 18.7 Å². The minimum absolute atomic E-state index is 0.115. The first-order valence-corrected chi connectivity index (χ1v) is 8.61. The number of H-pyrrole nitrogens is 1. The van der Waals surface area contributed by atoms with Crippen LogP contribution < -0.4 is 14.8 Å². The smallest absolute Gasteiger partial charge is 0.272 e. The third-order valence-electron chi connectivity index (χ3n) is 4.27. The Balaban J connectivity index is 1.33. The van der Waals surface area contributed by atoms with Crippen molar-refractivity contribution in [1.82, 2.24) is 15.5 Å². The summed E-state index contributed by atoms with van der Waals surface area (Å²) >= 11 is 0. The molecule has 1 aliphatic heterocycles. The summed E-state index contributed by atoms with van der Waals surface area (Å²) in [5.41, 5.74) is 1.96. The molecule has 2 N–H and O–H groups in total. The predicted molar refractivity (Wildman–Crippen MR) is 96.2 cm³/mol. The van der Waals surface area contributed by atoms with Gasteiger partial charge in [0.25, 0.3) is 5.91 Å². The van der Waals surface area contributed by atoms with Crippen LogP contribution in [0.1, 0.15) is 21.7 Å². The number of amides is 1. The van der Waals surface area contributed by atoms with E-state index in [0.29, 0.717) is 24.5 Å². The number of halogens is 1. The van der Waals surface area contributed by atoms with Gasteiger partial charge in [-0.25, -0.2) is 4.39 Å². The van der Waals surface area contributed by atoms with Crippen molar-refractivity contribution in [1.29, 1.82) is 0 Å². The minimum Gasteiger partial charge on any atom is -0.491 e. The van der Waals surface area contributed by atoms with Crippen molar-refractivity contribution >= 4 is 5.91 Å². The van der Waals surface area contributed by atoms with E-state index >= 15 is 0 Å². The van der Waals surface area contributed by atoms with Crippen molar-refractivity contribution in [2.45, 2.75) is 19.1 Å². The highest BCUT2D eigenvalue weighted by molar-refractivity contribution is 5.92. The molecule has 0 radical (unpaired) electrons. The van der Waals surface area contributed by atoms with Gasteiger partial charge in [-0.3, -0.25) is 9.89 Å². The van der Waals surface area contributed by atoms with Gasteiger partial charge < -0.3 is 14.8 Å². The molecule has 138 valence electrons. The Hall–Kier alpha value is -3.35. The van der Waals surface area contributed by atoms with Crippen molar-refractivity contribution in [3.05, 3.63) is 77.4 Å². The number of nitrogens with zero attached hydrogens (tertiary/aromatic N) is 1. The van der Waals surface area contributed by atoms with E-state index in [-0.39, 0.29) is 30.1 Å². The Bertz CT molecular complexity index is 957. The van der Waals surface area contributed by atoms with Crippen molar-refractivity contribution in [2.24, 2.45) is 0 Å². The number of benzene rings is 2. The van der Waals surface area contributed by atoms with Crippen LogP contribution in [0.4, 0.5) is 4.39 Å². The van der Waals surface area contributed by atoms with Crippen molar-refractivity contribution in [3.8, 4) is 11.5 Å². The molecule has 0 spiro atoms. The molecule has 7 heteroatoms. The summed E-state index contributed by atoms with van der Waals surface area (Å²) in [6.07, 6.45) is 0.710. The van der Waals surface area contributed by atoms with E-state index in [1.807, 2.05) is 24.3 Å². The highest BCUT2D eigenvalue weighted by Crippen LogP contribution is 2.24. The average molecular weight is 367 g/mol. The van der Waals surface area contributed by atoms with E-state index in [4.69, 9.17) is 9.47 Å². The molecular weight excluding hydrogens is 349 g/mol. The fraction of sp³-hybridized carbons (Fsp3) is 0.200. The van der Waals surface area contributed by atoms with Crippen LogP contribution in [-0.2, 0) is 13.0 Å². The lowest BCUT2D eigenvalue weighted by Crippen LogP contribution is -2.42. The number of nitrogens with one attached hydrogen (secondary N) is 2. The molecule has 4 rings (SSSR count). The average Bonchev–Trinajstić information content (AvgIpc) is 3.16. The zero-order valence-corrected chi connectivity index (χ0v) is 14.4. The highest BCUT2D eigenvalue weighted by atomic mass is 19.1. The fourth-order valence-electron chi connectivity index (χ4n) is 2.95. The molecule has 0 aliphatic carbocycles. The number of carbonyl (C=O) groups is 1. The van der Waals surface area contributed by atoms with E-state index in [0.717, 1.165) is 11.3 Å². The second-order valence-corrected chi connectivity index (χ2v) is 6.32. The van der Waals surface area contributed by atoms with Crippen LogP contribution in [-0.4, -0.2) is 28.8 Å². The summed E-state index contributed by atoms with van der Waals surface area (Å²) in [6, 6.07) is 15.2.